The summed E-state index contributed by atoms with van der Waals surface area (Å²) in [6, 6.07) is 5.58. The zero-order valence-corrected chi connectivity index (χ0v) is 9.35. The molecule has 0 radical (unpaired) electrons. The Balaban J connectivity index is 2.89. The molecule has 0 fully saturated rings. The number of methoxy groups -OCH3 is 1. The van der Waals surface area contributed by atoms with Crippen LogP contribution in [0.1, 0.15) is 24.3 Å². The molecular formula is C12H13FO4. The number of carboxylic acid groups (broad SMARTS) is 1. The zero-order valence-electron chi connectivity index (χ0n) is 9.35. The van der Waals surface area contributed by atoms with Gasteiger partial charge in [0.05, 0.1) is 20.0 Å². The summed E-state index contributed by atoms with van der Waals surface area (Å²) in [5, 5.41) is 8.75. The molecule has 1 atom stereocenters. The Morgan fingerprint density at radius 1 is 1.41 bits per heavy atom. The molecule has 1 N–H and O–H groups in total. The highest BCUT2D eigenvalue weighted by molar-refractivity contribution is 5.73. The summed E-state index contributed by atoms with van der Waals surface area (Å²) in [6.07, 6.45) is -0.315. The van der Waals surface area contributed by atoms with Gasteiger partial charge in [-0.2, -0.15) is 0 Å². The van der Waals surface area contributed by atoms with Crippen molar-refractivity contribution in [2.24, 2.45) is 0 Å². The predicted octanol–water partition coefficient (Wildman–Crippen LogP) is 1.95. The van der Waals surface area contributed by atoms with Crippen LogP contribution in [0.25, 0.3) is 0 Å². The van der Waals surface area contributed by atoms with Crippen LogP contribution in [0.5, 0.6) is 0 Å². The minimum atomic E-state index is -1.04. The summed E-state index contributed by atoms with van der Waals surface area (Å²) < 4.78 is 17.5. The zero-order chi connectivity index (χ0) is 12.8. The van der Waals surface area contributed by atoms with Gasteiger partial charge in [0.15, 0.2) is 0 Å². The van der Waals surface area contributed by atoms with Crippen LogP contribution in [0.4, 0.5) is 4.39 Å². The van der Waals surface area contributed by atoms with Gasteiger partial charge in [-0.25, -0.2) is 4.39 Å². The standard InChI is InChI=1S/C12H13FO4/c1-17-12(16)7-9(6-11(14)15)8-3-2-4-10(13)5-8/h2-5,9H,6-7H2,1H3,(H,14,15). The average Bonchev–Trinajstić information content (AvgIpc) is 2.27. The van der Waals surface area contributed by atoms with Gasteiger partial charge in [0, 0.05) is 5.92 Å². The van der Waals surface area contributed by atoms with Gasteiger partial charge in [-0.1, -0.05) is 12.1 Å². The summed E-state index contributed by atoms with van der Waals surface area (Å²) in [6.45, 7) is 0. The molecule has 1 aromatic rings. The van der Waals surface area contributed by atoms with Crippen molar-refractivity contribution in [1.29, 1.82) is 0 Å². The van der Waals surface area contributed by atoms with Crippen LogP contribution in [0.3, 0.4) is 0 Å². The molecular weight excluding hydrogens is 227 g/mol. The van der Waals surface area contributed by atoms with Crippen molar-refractivity contribution in [1.82, 2.24) is 0 Å². The van der Waals surface area contributed by atoms with Crippen LogP contribution in [0.2, 0.25) is 0 Å². The third-order valence-electron chi connectivity index (χ3n) is 2.38. The molecule has 1 unspecified atom stereocenters. The quantitative estimate of drug-likeness (QED) is 0.799. The van der Waals surface area contributed by atoms with Crippen molar-refractivity contribution >= 4 is 11.9 Å². The lowest BCUT2D eigenvalue weighted by atomic mass is 9.92. The number of carbonyl (C=O) groups excluding carboxylic acids is 1. The Bertz CT molecular complexity index is 417. The molecule has 92 valence electrons. The maximum Gasteiger partial charge on any atom is 0.306 e. The molecule has 0 amide bonds. The minimum absolute atomic E-state index is 0.0771. The number of carbonyl (C=O) groups is 2. The fraction of sp³-hybridized carbons (Fsp3) is 0.333. The summed E-state index contributed by atoms with van der Waals surface area (Å²) >= 11 is 0. The molecule has 17 heavy (non-hydrogen) atoms. The van der Waals surface area contributed by atoms with Gasteiger partial charge >= 0.3 is 11.9 Å². The molecule has 0 aliphatic rings. The van der Waals surface area contributed by atoms with E-state index in [0.29, 0.717) is 5.56 Å². The van der Waals surface area contributed by atoms with Crippen LogP contribution < -0.4 is 0 Å². The third-order valence-corrected chi connectivity index (χ3v) is 2.38. The van der Waals surface area contributed by atoms with Gasteiger partial charge in [-0.05, 0) is 17.7 Å². The predicted molar refractivity (Wildman–Crippen MR) is 58.0 cm³/mol. The first kappa shape index (κ1) is 13.2. The minimum Gasteiger partial charge on any atom is -0.481 e. The monoisotopic (exact) mass is 240 g/mol. The molecule has 1 aromatic carbocycles. The van der Waals surface area contributed by atoms with Gasteiger partial charge in [-0.3, -0.25) is 9.59 Å². The molecule has 0 saturated carbocycles. The highest BCUT2D eigenvalue weighted by atomic mass is 19.1. The van der Waals surface area contributed by atoms with E-state index in [1.807, 2.05) is 0 Å². The second-order valence-corrected chi connectivity index (χ2v) is 3.63. The maximum atomic E-state index is 13.0. The van der Waals surface area contributed by atoms with E-state index in [1.54, 1.807) is 6.07 Å². The Kier molecular flexibility index (Phi) is 4.63. The van der Waals surface area contributed by atoms with E-state index >= 15 is 0 Å². The number of hydrogen-bond acceptors (Lipinski definition) is 3. The molecule has 0 aliphatic carbocycles. The summed E-state index contributed by atoms with van der Waals surface area (Å²) in [5.74, 6) is -2.58. The van der Waals surface area contributed by atoms with Crippen molar-refractivity contribution in [2.75, 3.05) is 7.11 Å². The Hall–Kier alpha value is -1.91. The van der Waals surface area contributed by atoms with E-state index < -0.39 is 23.7 Å². The van der Waals surface area contributed by atoms with Crippen molar-refractivity contribution in [3.05, 3.63) is 35.6 Å². The van der Waals surface area contributed by atoms with Crippen LogP contribution in [0, 0.1) is 5.82 Å². The SMILES string of the molecule is COC(=O)CC(CC(=O)O)c1cccc(F)c1. The topological polar surface area (TPSA) is 63.6 Å². The average molecular weight is 240 g/mol. The second kappa shape index (κ2) is 5.98. The molecule has 4 nitrogen and oxygen atoms in total. The second-order valence-electron chi connectivity index (χ2n) is 3.63. The number of rotatable bonds is 5. The Morgan fingerprint density at radius 2 is 2.12 bits per heavy atom. The van der Waals surface area contributed by atoms with Gasteiger partial charge in [0.2, 0.25) is 0 Å². The van der Waals surface area contributed by atoms with E-state index in [1.165, 1.54) is 25.3 Å². The van der Waals surface area contributed by atoms with E-state index in [9.17, 15) is 14.0 Å². The van der Waals surface area contributed by atoms with E-state index in [4.69, 9.17) is 5.11 Å². The molecule has 1 rings (SSSR count). The van der Waals surface area contributed by atoms with Crippen molar-refractivity contribution in [3.8, 4) is 0 Å². The van der Waals surface area contributed by atoms with E-state index in [-0.39, 0.29) is 12.8 Å². The summed E-state index contributed by atoms with van der Waals surface area (Å²) in [4.78, 5) is 21.8. The number of ether oxygens (including phenoxy) is 1. The lowest BCUT2D eigenvalue weighted by Gasteiger charge is -2.13. The molecule has 5 heteroatoms. The van der Waals surface area contributed by atoms with Gasteiger partial charge in [0.25, 0.3) is 0 Å². The number of carboxylic acids is 1. The highest BCUT2D eigenvalue weighted by Gasteiger charge is 2.20. The lowest BCUT2D eigenvalue weighted by Crippen LogP contribution is -2.12. The van der Waals surface area contributed by atoms with Crippen LogP contribution >= 0.6 is 0 Å². The number of hydrogen-bond donors (Lipinski definition) is 1. The highest BCUT2D eigenvalue weighted by Crippen LogP contribution is 2.24. The summed E-state index contributed by atoms with van der Waals surface area (Å²) in [5.41, 5.74) is 0.484. The Labute approximate surface area is 98.0 Å². The molecule has 0 aliphatic heterocycles. The molecule has 0 bridgehead atoms. The first-order chi connectivity index (χ1) is 8.02. The number of halogens is 1. The Morgan fingerprint density at radius 3 is 2.65 bits per heavy atom. The van der Waals surface area contributed by atoms with Crippen molar-refractivity contribution < 1.29 is 23.8 Å². The van der Waals surface area contributed by atoms with Crippen molar-refractivity contribution in [2.45, 2.75) is 18.8 Å². The van der Waals surface area contributed by atoms with Crippen LogP contribution in [0.15, 0.2) is 24.3 Å². The maximum absolute atomic E-state index is 13.0. The van der Waals surface area contributed by atoms with E-state index in [0.717, 1.165) is 0 Å². The molecule has 0 saturated heterocycles. The first-order valence-corrected chi connectivity index (χ1v) is 5.07. The third kappa shape index (κ3) is 4.22. The smallest absolute Gasteiger partial charge is 0.306 e. The lowest BCUT2D eigenvalue weighted by molar-refractivity contribution is -0.141. The van der Waals surface area contributed by atoms with Gasteiger partial charge in [0.1, 0.15) is 5.82 Å². The molecule has 0 aromatic heterocycles. The fourth-order valence-corrected chi connectivity index (χ4v) is 1.56. The first-order valence-electron chi connectivity index (χ1n) is 5.07. The van der Waals surface area contributed by atoms with Gasteiger partial charge < -0.3 is 9.84 Å². The largest absolute Gasteiger partial charge is 0.481 e. The molecule has 0 heterocycles. The van der Waals surface area contributed by atoms with E-state index in [2.05, 4.69) is 4.74 Å². The normalized spacial score (nSPS) is 11.9. The number of aliphatic carboxylic acids is 1. The van der Waals surface area contributed by atoms with Crippen LogP contribution in [-0.2, 0) is 14.3 Å². The van der Waals surface area contributed by atoms with Crippen LogP contribution in [-0.4, -0.2) is 24.2 Å². The number of benzene rings is 1. The molecule has 0 spiro atoms. The number of esters is 1. The van der Waals surface area contributed by atoms with Crippen molar-refractivity contribution in [3.63, 3.8) is 0 Å². The fourth-order valence-electron chi connectivity index (χ4n) is 1.56. The van der Waals surface area contributed by atoms with Gasteiger partial charge in [-0.15, -0.1) is 0 Å². The summed E-state index contributed by atoms with van der Waals surface area (Å²) in [7, 11) is 1.23.